The lowest BCUT2D eigenvalue weighted by molar-refractivity contribution is 0.0506. The van der Waals surface area contributed by atoms with E-state index in [0.717, 1.165) is 31.5 Å². The van der Waals surface area contributed by atoms with E-state index in [4.69, 9.17) is 0 Å². The quantitative estimate of drug-likeness (QED) is 0.797. The summed E-state index contributed by atoms with van der Waals surface area (Å²) >= 11 is 0. The fourth-order valence-corrected chi connectivity index (χ4v) is 2.41. The number of aromatic nitrogens is 2. The molecule has 0 atom stereocenters. The smallest absolute Gasteiger partial charge is 0.319 e. The zero-order valence-electron chi connectivity index (χ0n) is 12.9. The van der Waals surface area contributed by atoms with E-state index in [-0.39, 0.29) is 18.0 Å². The molecule has 1 fully saturated rings. The Labute approximate surface area is 125 Å². The number of urea groups is 1. The number of hydrogen-bond acceptors (Lipinski definition) is 4. The van der Waals surface area contributed by atoms with Gasteiger partial charge in [0.1, 0.15) is 5.82 Å². The van der Waals surface area contributed by atoms with E-state index in [2.05, 4.69) is 20.6 Å². The zero-order chi connectivity index (χ0) is 15.5. The van der Waals surface area contributed by atoms with Crippen molar-refractivity contribution in [3.05, 3.63) is 18.2 Å². The van der Waals surface area contributed by atoms with Gasteiger partial charge in [0.25, 0.3) is 0 Å². The van der Waals surface area contributed by atoms with Crippen molar-refractivity contribution in [1.82, 2.24) is 15.3 Å². The molecule has 6 heteroatoms. The van der Waals surface area contributed by atoms with E-state index in [0.29, 0.717) is 5.69 Å². The molecule has 1 aliphatic carbocycles. The maximum Gasteiger partial charge on any atom is 0.319 e. The van der Waals surface area contributed by atoms with E-state index in [1.54, 1.807) is 12.4 Å². The van der Waals surface area contributed by atoms with E-state index >= 15 is 0 Å². The van der Waals surface area contributed by atoms with Gasteiger partial charge < -0.3 is 15.7 Å². The molecule has 2 amide bonds. The molecule has 6 nitrogen and oxygen atoms in total. The molecule has 116 valence electrons. The van der Waals surface area contributed by atoms with Crippen LogP contribution in [0.3, 0.4) is 0 Å². The fraction of sp³-hybridized carbons (Fsp3) is 0.667. The highest BCUT2D eigenvalue weighted by Crippen LogP contribution is 2.28. The number of nitrogens with zero attached hydrogens (tertiary/aromatic N) is 2. The molecule has 21 heavy (non-hydrogen) atoms. The highest BCUT2D eigenvalue weighted by molar-refractivity contribution is 5.88. The summed E-state index contributed by atoms with van der Waals surface area (Å²) in [7, 11) is 0. The second-order valence-electron chi connectivity index (χ2n) is 6.78. The van der Waals surface area contributed by atoms with E-state index in [1.165, 1.54) is 0 Å². The van der Waals surface area contributed by atoms with Gasteiger partial charge in [0.2, 0.25) is 0 Å². The van der Waals surface area contributed by atoms with Gasteiger partial charge in [-0.3, -0.25) is 0 Å². The van der Waals surface area contributed by atoms with Gasteiger partial charge >= 0.3 is 6.03 Å². The Bertz CT molecular complexity index is 487. The number of carbonyl (C=O) groups excluding carboxylic acids is 1. The highest BCUT2D eigenvalue weighted by atomic mass is 16.3. The van der Waals surface area contributed by atoms with Crippen LogP contribution in [0.25, 0.3) is 0 Å². The molecule has 1 heterocycles. The average molecular weight is 292 g/mol. The van der Waals surface area contributed by atoms with Crippen LogP contribution in [-0.2, 0) is 5.41 Å². The molecule has 1 saturated carbocycles. The fourth-order valence-electron chi connectivity index (χ4n) is 2.41. The van der Waals surface area contributed by atoms with Crippen LogP contribution in [-0.4, -0.2) is 33.3 Å². The Balaban J connectivity index is 1.85. The summed E-state index contributed by atoms with van der Waals surface area (Å²) in [5, 5.41) is 15.5. The summed E-state index contributed by atoms with van der Waals surface area (Å²) in [4.78, 5) is 20.3. The summed E-state index contributed by atoms with van der Waals surface area (Å²) in [6.45, 7) is 6.37. The molecule has 0 unspecified atom stereocenters. The molecular weight excluding hydrogens is 268 g/mol. The summed E-state index contributed by atoms with van der Waals surface area (Å²) in [6.07, 6.45) is 6.71. The van der Waals surface area contributed by atoms with Crippen molar-refractivity contribution in [2.45, 2.75) is 57.5 Å². The van der Waals surface area contributed by atoms with Gasteiger partial charge in [-0.1, -0.05) is 33.6 Å². The van der Waals surface area contributed by atoms with Gasteiger partial charge in [0.05, 0.1) is 23.7 Å². The van der Waals surface area contributed by atoms with Crippen LogP contribution in [0.5, 0.6) is 0 Å². The Morgan fingerprint density at radius 3 is 2.38 bits per heavy atom. The van der Waals surface area contributed by atoms with E-state index < -0.39 is 5.60 Å². The van der Waals surface area contributed by atoms with Gasteiger partial charge in [-0.25, -0.2) is 14.8 Å². The second-order valence-corrected chi connectivity index (χ2v) is 6.78. The molecule has 2 rings (SSSR count). The molecule has 1 aliphatic rings. The second kappa shape index (κ2) is 5.97. The minimum atomic E-state index is -0.746. The number of hydrogen-bond donors (Lipinski definition) is 3. The Morgan fingerprint density at radius 1 is 1.29 bits per heavy atom. The minimum Gasteiger partial charge on any atom is -0.388 e. The third-order valence-electron chi connectivity index (χ3n) is 3.69. The topological polar surface area (TPSA) is 87.1 Å². The third-order valence-corrected chi connectivity index (χ3v) is 3.69. The van der Waals surface area contributed by atoms with Crippen molar-refractivity contribution in [1.29, 1.82) is 0 Å². The first-order valence-corrected chi connectivity index (χ1v) is 7.38. The van der Waals surface area contributed by atoms with Crippen molar-refractivity contribution >= 4 is 11.7 Å². The van der Waals surface area contributed by atoms with Crippen LogP contribution in [0.4, 0.5) is 10.5 Å². The largest absolute Gasteiger partial charge is 0.388 e. The van der Waals surface area contributed by atoms with Gasteiger partial charge in [0.15, 0.2) is 0 Å². The highest BCUT2D eigenvalue weighted by Gasteiger charge is 2.31. The number of anilines is 1. The molecule has 1 aromatic heterocycles. The molecule has 0 radical (unpaired) electrons. The molecule has 0 aromatic carbocycles. The standard InChI is InChI=1S/C15H24N4O2/c1-14(2,3)12-16-8-11(9-17-12)19-13(20)18-10-15(21)6-4-5-7-15/h8-9,21H,4-7,10H2,1-3H3,(H2,18,19,20). The lowest BCUT2D eigenvalue weighted by Crippen LogP contribution is -2.42. The first kappa shape index (κ1) is 15.7. The Kier molecular flexibility index (Phi) is 4.46. The monoisotopic (exact) mass is 292 g/mol. The van der Waals surface area contributed by atoms with Gasteiger partial charge in [-0.2, -0.15) is 0 Å². The van der Waals surface area contributed by atoms with Crippen LogP contribution < -0.4 is 10.6 Å². The normalized spacial score (nSPS) is 17.5. The number of nitrogens with one attached hydrogen (secondary N) is 2. The Morgan fingerprint density at radius 2 is 1.86 bits per heavy atom. The molecule has 3 N–H and O–H groups in total. The van der Waals surface area contributed by atoms with Gasteiger partial charge in [-0.05, 0) is 12.8 Å². The van der Waals surface area contributed by atoms with E-state index in [9.17, 15) is 9.90 Å². The van der Waals surface area contributed by atoms with Gasteiger partial charge in [0, 0.05) is 12.0 Å². The number of amides is 2. The average Bonchev–Trinajstić information content (AvgIpc) is 2.84. The van der Waals surface area contributed by atoms with Crippen molar-refractivity contribution in [3.8, 4) is 0 Å². The predicted octanol–water partition coefficient (Wildman–Crippen LogP) is 2.20. The van der Waals surface area contributed by atoms with Gasteiger partial charge in [-0.15, -0.1) is 0 Å². The predicted molar refractivity (Wildman–Crippen MR) is 81.2 cm³/mol. The maximum absolute atomic E-state index is 11.8. The Hall–Kier alpha value is -1.69. The van der Waals surface area contributed by atoms with Crippen molar-refractivity contribution in [2.24, 2.45) is 0 Å². The first-order valence-electron chi connectivity index (χ1n) is 7.38. The number of carbonyl (C=O) groups is 1. The molecule has 0 saturated heterocycles. The molecular formula is C15H24N4O2. The van der Waals surface area contributed by atoms with Crippen LogP contribution in [0.1, 0.15) is 52.3 Å². The molecule has 0 spiro atoms. The third kappa shape index (κ3) is 4.39. The van der Waals surface area contributed by atoms with Crippen LogP contribution in [0, 0.1) is 0 Å². The lowest BCUT2D eigenvalue weighted by Gasteiger charge is -2.22. The summed E-state index contributed by atoms with van der Waals surface area (Å²) in [5.41, 5.74) is -0.324. The summed E-state index contributed by atoms with van der Waals surface area (Å²) in [5.74, 6) is 0.730. The SMILES string of the molecule is CC(C)(C)c1ncc(NC(=O)NCC2(O)CCCC2)cn1. The van der Waals surface area contributed by atoms with Crippen molar-refractivity contribution < 1.29 is 9.90 Å². The van der Waals surface area contributed by atoms with Crippen LogP contribution >= 0.6 is 0 Å². The summed E-state index contributed by atoms with van der Waals surface area (Å²) < 4.78 is 0. The minimum absolute atomic E-state index is 0.119. The van der Waals surface area contributed by atoms with Crippen molar-refractivity contribution in [3.63, 3.8) is 0 Å². The maximum atomic E-state index is 11.8. The molecule has 0 aliphatic heterocycles. The van der Waals surface area contributed by atoms with E-state index in [1.807, 2.05) is 20.8 Å². The van der Waals surface area contributed by atoms with Crippen LogP contribution in [0.2, 0.25) is 0 Å². The lowest BCUT2D eigenvalue weighted by atomic mass is 9.96. The number of rotatable bonds is 3. The summed E-state index contributed by atoms with van der Waals surface area (Å²) in [6, 6.07) is -0.345. The molecule has 1 aromatic rings. The number of aliphatic hydroxyl groups is 1. The zero-order valence-corrected chi connectivity index (χ0v) is 12.9. The first-order chi connectivity index (χ1) is 9.78. The van der Waals surface area contributed by atoms with Crippen LogP contribution in [0.15, 0.2) is 12.4 Å². The van der Waals surface area contributed by atoms with Crippen molar-refractivity contribution in [2.75, 3.05) is 11.9 Å². The molecule has 0 bridgehead atoms.